The molecule has 0 N–H and O–H groups in total. The lowest BCUT2D eigenvalue weighted by Crippen LogP contribution is -1.94. The van der Waals surface area contributed by atoms with Crippen LogP contribution in [0.5, 0.6) is 0 Å². The Morgan fingerprint density at radius 2 is 0.667 bits per heavy atom. The lowest BCUT2D eigenvalue weighted by molar-refractivity contribution is 1.18. The summed E-state index contributed by atoms with van der Waals surface area (Å²) in [5, 5.41) is 7.81. The molecule has 0 unspecified atom stereocenters. The van der Waals surface area contributed by atoms with E-state index in [1.54, 1.807) is 0 Å². The van der Waals surface area contributed by atoms with Crippen molar-refractivity contribution in [3.63, 3.8) is 0 Å². The van der Waals surface area contributed by atoms with Crippen molar-refractivity contribution in [2.75, 3.05) is 0 Å². The molecule has 13 aromatic rings. The van der Waals surface area contributed by atoms with Gasteiger partial charge in [-0.05, 0) is 105 Å². The topological polar surface area (TPSA) is 9.86 Å². The summed E-state index contributed by atoms with van der Waals surface area (Å²) in [6, 6.07) is 84.5. The molecule has 3 heteroatoms. The first-order valence-electron chi connectivity index (χ1n) is 21.6. The molecule has 0 aliphatic rings. The van der Waals surface area contributed by atoms with Crippen molar-refractivity contribution in [2.45, 2.75) is 0 Å². The van der Waals surface area contributed by atoms with Crippen molar-refractivity contribution in [3.05, 3.63) is 231 Å². The van der Waals surface area contributed by atoms with Crippen LogP contribution in [0, 0.1) is 0 Å². The van der Waals surface area contributed by atoms with Gasteiger partial charge in [0.25, 0.3) is 0 Å². The maximum atomic E-state index is 2.43. The first-order valence-corrected chi connectivity index (χ1v) is 22.4. The lowest BCUT2D eigenvalue weighted by Gasteiger charge is -2.12. The largest absolute Gasteiger partial charge is 0.309 e. The van der Waals surface area contributed by atoms with Crippen LogP contribution in [0.2, 0.25) is 0 Å². The molecule has 13 rings (SSSR count). The number of hydrogen-bond donors (Lipinski definition) is 0. The molecule has 0 aliphatic heterocycles. The Labute approximate surface area is 368 Å². The standard InChI is InChI=1S/C60H38N2S/c1-3-11-39(12-4-1)45-27-33-49-50-34-28-46(40-13-5-2-6-14-40)38-56(50)62(55(49)37-45)48-31-25-44(26-32-48)42-21-19-41(20-22-42)43-23-29-47(30-24-43)61-53-17-9-7-15-51(53)59-54(61)35-36-58-60(59)52-16-8-10-18-57(52)63-58/h1-38H. The van der Waals surface area contributed by atoms with E-state index in [0.717, 1.165) is 11.4 Å². The van der Waals surface area contributed by atoms with Crippen molar-refractivity contribution < 1.29 is 0 Å². The first kappa shape index (κ1) is 35.7. The van der Waals surface area contributed by atoms with E-state index < -0.39 is 0 Å². The molecule has 2 nitrogen and oxygen atoms in total. The number of thiophene rings is 1. The van der Waals surface area contributed by atoms with E-state index >= 15 is 0 Å². The predicted octanol–water partition coefficient (Wildman–Crippen LogP) is 16.9. The van der Waals surface area contributed by atoms with E-state index in [1.807, 2.05) is 11.3 Å². The molecule has 0 saturated carbocycles. The Morgan fingerprint density at radius 1 is 0.238 bits per heavy atom. The van der Waals surface area contributed by atoms with Crippen LogP contribution in [0.15, 0.2) is 231 Å². The number of rotatable bonds is 6. The van der Waals surface area contributed by atoms with Crippen molar-refractivity contribution in [1.29, 1.82) is 0 Å². The zero-order chi connectivity index (χ0) is 41.4. The summed E-state index contributed by atoms with van der Waals surface area (Å²) in [5.74, 6) is 0. The van der Waals surface area contributed by atoms with Crippen LogP contribution in [0.1, 0.15) is 0 Å². The Bertz CT molecular complexity index is 3760. The van der Waals surface area contributed by atoms with Crippen LogP contribution in [0.3, 0.4) is 0 Å². The van der Waals surface area contributed by atoms with Gasteiger partial charge in [0.1, 0.15) is 0 Å². The van der Waals surface area contributed by atoms with Gasteiger partial charge in [-0.1, -0.05) is 170 Å². The molecule has 0 radical (unpaired) electrons. The highest BCUT2D eigenvalue weighted by Crippen LogP contribution is 2.44. The average Bonchev–Trinajstić information content (AvgIpc) is 4.02. The monoisotopic (exact) mass is 818 g/mol. The maximum Gasteiger partial charge on any atom is 0.0548 e. The summed E-state index contributed by atoms with van der Waals surface area (Å²) in [7, 11) is 0. The molecular weight excluding hydrogens is 781 g/mol. The van der Waals surface area contributed by atoms with E-state index in [9.17, 15) is 0 Å². The van der Waals surface area contributed by atoms with Gasteiger partial charge in [-0.3, -0.25) is 0 Å². The SMILES string of the molecule is c1ccc(-c2ccc3c4ccc(-c5ccccc5)cc4n(-c4ccc(-c5ccc(-c6ccc(-n7c8ccccc8c8c9c(ccc87)sc7ccccc79)cc6)cc5)cc4)c3c2)cc1. The van der Waals surface area contributed by atoms with Crippen molar-refractivity contribution in [1.82, 2.24) is 9.13 Å². The van der Waals surface area contributed by atoms with E-state index in [4.69, 9.17) is 0 Å². The zero-order valence-electron chi connectivity index (χ0n) is 34.2. The van der Waals surface area contributed by atoms with E-state index in [2.05, 4.69) is 240 Å². The zero-order valence-corrected chi connectivity index (χ0v) is 35.1. The molecule has 3 heterocycles. The summed E-state index contributed by atoms with van der Waals surface area (Å²) in [4.78, 5) is 0. The van der Waals surface area contributed by atoms with Gasteiger partial charge in [0.05, 0.1) is 22.1 Å². The van der Waals surface area contributed by atoms with E-state index in [-0.39, 0.29) is 0 Å². The second kappa shape index (κ2) is 14.3. The Kier molecular flexibility index (Phi) is 8.12. The van der Waals surface area contributed by atoms with Crippen LogP contribution in [-0.2, 0) is 0 Å². The molecule has 0 bridgehead atoms. The molecule has 294 valence electrons. The second-order valence-corrected chi connectivity index (χ2v) is 17.6. The maximum absolute atomic E-state index is 2.43. The van der Waals surface area contributed by atoms with E-state index in [0.29, 0.717) is 0 Å². The minimum atomic E-state index is 1.14. The van der Waals surface area contributed by atoms with Gasteiger partial charge in [-0.2, -0.15) is 0 Å². The van der Waals surface area contributed by atoms with Crippen LogP contribution < -0.4 is 0 Å². The molecular formula is C60H38N2S. The third-order valence-corrected chi connectivity index (χ3v) is 14.1. The highest BCUT2D eigenvalue weighted by atomic mass is 32.1. The Morgan fingerprint density at radius 3 is 1.22 bits per heavy atom. The molecule has 0 spiro atoms. The van der Waals surface area contributed by atoms with Gasteiger partial charge in [0, 0.05) is 53.1 Å². The average molecular weight is 819 g/mol. The highest BCUT2D eigenvalue weighted by molar-refractivity contribution is 7.26. The molecule has 10 aromatic carbocycles. The van der Waals surface area contributed by atoms with Gasteiger partial charge in [0.2, 0.25) is 0 Å². The van der Waals surface area contributed by atoms with Crippen molar-refractivity contribution in [3.8, 4) is 55.9 Å². The quantitative estimate of drug-likeness (QED) is 0.158. The number of para-hydroxylation sites is 1. The summed E-state index contributed by atoms with van der Waals surface area (Å²) in [6.45, 7) is 0. The molecule has 0 fully saturated rings. The molecule has 0 atom stereocenters. The number of nitrogens with zero attached hydrogens (tertiary/aromatic N) is 2. The molecule has 0 aliphatic carbocycles. The summed E-state index contributed by atoms with van der Waals surface area (Å²) in [6.07, 6.45) is 0. The Balaban J connectivity index is 0.840. The molecule has 63 heavy (non-hydrogen) atoms. The van der Waals surface area contributed by atoms with Gasteiger partial charge in [-0.15, -0.1) is 11.3 Å². The molecule has 0 amide bonds. The smallest absolute Gasteiger partial charge is 0.0548 e. The third kappa shape index (κ3) is 5.78. The fraction of sp³-hybridized carbons (Fsp3) is 0. The lowest BCUT2D eigenvalue weighted by atomic mass is 10.00. The van der Waals surface area contributed by atoms with Gasteiger partial charge >= 0.3 is 0 Å². The predicted molar refractivity (Wildman–Crippen MR) is 270 cm³/mol. The highest BCUT2D eigenvalue weighted by Gasteiger charge is 2.18. The first-order chi connectivity index (χ1) is 31.2. The molecule has 3 aromatic heterocycles. The van der Waals surface area contributed by atoms with Crippen LogP contribution in [0.25, 0.3) is 120 Å². The summed E-state index contributed by atoms with van der Waals surface area (Å²) >= 11 is 1.88. The minimum Gasteiger partial charge on any atom is -0.309 e. The summed E-state index contributed by atoms with van der Waals surface area (Å²) in [5.41, 5.74) is 16.8. The van der Waals surface area contributed by atoms with E-state index in [1.165, 1.54) is 108 Å². The normalized spacial score (nSPS) is 11.8. The minimum absolute atomic E-state index is 1.14. The second-order valence-electron chi connectivity index (χ2n) is 16.5. The van der Waals surface area contributed by atoms with Gasteiger partial charge in [0.15, 0.2) is 0 Å². The van der Waals surface area contributed by atoms with Crippen LogP contribution in [-0.4, -0.2) is 9.13 Å². The number of aromatic nitrogens is 2. The summed E-state index contributed by atoms with van der Waals surface area (Å²) < 4.78 is 7.53. The van der Waals surface area contributed by atoms with Crippen molar-refractivity contribution in [2.24, 2.45) is 0 Å². The fourth-order valence-electron chi connectivity index (χ4n) is 9.93. The molecule has 0 saturated heterocycles. The fourth-order valence-corrected chi connectivity index (χ4v) is 11.0. The van der Waals surface area contributed by atoms with Crippen LogP contribution in [0.4, 0.5) is 0 Å². The Hall–Kier alpha value is -7.98. The number of hydrogen-bond acceptors (Lipinski definition) is 1. The van der Waals surface area contributed by atoms with Crippen molar-refractivity contribution >= 4 is 75.1 Å². The van der Waals surface area contributed by atoms with Crippen LogP contribution >= 0.6 is 11.3 Å². The third-order valence-electron chi connectivity index (χ3n) is 13.0. The number of benzene rings is 10. The number of fused-ring (bicyclic) bond motifs is 10. The van der Waals surface area contributed by atoms with Gasteiger partial charge in [-0.25, -0.2) is 0 Å². The van der Waals surface area contributed by atoms with Gasteiger partial charge < -0.3 is 9.13 Å².